The summed E-state index contributed by atoms with van der Waals surface area (Å²) in [5.74, 6) is -0.893. The fourth-order valence-corrected chi connectivity index (χ4v) is 2.55. The van der Waals surface area contributed by atoms with Crippen LogP contribution in [0.3, 0.4) is 0 Å². The summed E-state index contributed by atoms with van der Waals surface area (Å²) in [6, 6.07) is 9.92. The summed E-state index contributed by atoms with van der Waals surface area (Å²) in [5.41, 5.74) is 3.96. The number of carboxylic acids is 1. The van der Waals surface area contributed by atoms with Crippen molar-refractivity contribution in [3.05, 3.63) is 53.9 Å². The molecule has 1 heterocycles. The second-order valence-electron chi connectivity index (χ2n) is 4.61. The zero-order valence-corrected chi connectivity index (χ0v) is 10.4. The molecule has 0 aliphatic heterocycles. The van der Waals surface area contributed by atoms with Gasteiger partial charge in [-0.25, -0.2) is 9.48 Å². The maximum absolute atomic E-state index is 10.9. The van der Waals surface area contributed by atoms with Crippen molar-refractivity contribution in [1.29, 1.82) is 0 Å². The largest absolute Gasteiger partial charge is 0.478 e. The average Bonchev–Trinajstić information content (AvgIpc) is 2.84. The fraction of sp³-hybridized carbons (Fsp3) is 0.200. The summed E-state index contributed by atoms with van der Waals surface area (Å²) in [7, 11) is 0. The lowest BCUT2D eigenvalue weighted by molar-refractivity contribution is -0.131. The Labute approximate surface area is 111 Å². The molecule has 1 aromatic heterocycles. The number of benzene rings is 1. The molecule has 4 nitrogen and oxygen atoms in total. The first-order valence-electron chi connectivity index (χ1n) is 6.32. The maximum Gasteiger partial charge on any atom is 0.328 e. The first-order chi connectivity index (χ1) is 9.25. The molecule has 2 aromatic rings. The molecule has 0 amide bonds. The Morgan fingerprint density at radius 2 is 2.05 bits per heavy atom. The van der Waals surface area contributed by atoms with Crippen molar-refractivity contribution < 1.29 is 9.90 Å². The lowest BCUT2D eigenvalue weighted by Crippen LogP contribution is -2.08. The van der Waals surface area contributed by atoms with Crippen molar-refractivity contribution in [1.82, 2.24) is 9.78 Å². The fourth-order valence-electron chi connectivity index (χ4n) is 2.55. The van der Waals surface area contributed by atoms with Crippen LogP contribution in [0.25, 0.3) is 11.3 Å². The van der Waals surface area contributed by atoms with Gasteiger partial charge < -0.3 is 5.11 Å². The third kappa shape index (κ3) is 2.17. The topological polar surface area (TPSA) is 55.1 Å². The van der Waals surface area contributed by atoms with Gasteiger partial charge in [-0.05, 0) is 37.0 Å². The van der Waals surface area contributed by atoms with Crippen LogP contribution in [0.5, 0.6) is 0 Å². The Balaban J connectivity index is 2.09. The van der Waals surface area contributed by atoms with E-state index < -0.39 is 5.97 Å². The van der Waals surface area contributed by atoms with Gasteiger partial charge in [0.1, 0.15) is 0 Å². The molecule has 0 unspecified atom stereocenters. The molecule has 1 aliphatic rings. The average molecular weight is 254 g/mol. The quantitative estimate of drug-likeness (QED) is 0.838. The predicted octanol–water partition coefficient (Wildman–Crippen LogP) is 2.68. The van der Waals surface area contributed by atoms with E-state index in [-0.39, 0.29) is 0 Å². The summed E-state index contributed by atoms with van der Waals surface area (Å²) in [6.07, 6.45) is 5.77. The van der Waals surface area contributed by atoms with Crippen LogP contribution in [0, 0.1) is 0 Å². The summed E-state index contributed by atoms with van der Waals surface area (Å²) >= 11 is 0. The van der Waals surface area contributed by atoms with E-state index in [1.54, 1.807) is 6.20 Å². The highest BCUT2D eigenvalue weighted by Gasteiger charge is 2.20. The highest BCUT2D eigenvalue weighted by molar-refractivity contribution is 5.90. The van der Waals surface area contributed by atoms with Gasteiger partial charge in [-0.15, -0.1) is 0 Å². The van der Waals surface area contributed by atoms with Crippen molar-refractivity contribution in [2.45, 2.75) is 19.3 Å². The Morgan fingerprint density at radius 1 is 1.26 bits per heavy atom. The Kier molecular flexibility index (Phi) is 2.91. The van der Waals surface area contributed by atoms with E-state index in [0.29, 0.717) is 0 Å². The molecule has 0 saturated carbocycles. The van der Waals surface area contributed by atoms with E-state index in [1.807, 2.05) is 35.0 Å². The minimum absolute atomic E-state index is 0.805. The highest BCUT2D eigenvalue weighted by Crippen LogP contribution is 2.31. The van der Waals surface area contributed by atoms with Gasteiger partial charge in [0.2, 0.25) is 0 Å². The molecule has 96 valence electrons. The Bertz CT molecular complexity index is 641. The Hall–Kier alpha value is -2.36. The summed E-state index contributed by atoms with van der Waals surface area (Å²) < 4.78 is 1.91. The molecule has 1 N–H and O–H groups in total. The number of fused-ring (bicyclic) bond motifs is 1. The van der Waals surface area contributed by atoms with Gasteiger partial charge in [-0.2, -0.15) is 5.10 Å². The van der Waals surface area contributed by atoms with E-state index in [9.17, 15) is 4.79 Å². The number of hydrogen-bond donors (Lipinski definition) is 1. The maximum atomic E-state index is 10.9. The molecule has 0 spiro atoms. The molecule has 4 heteroatoms. The molecular weight excluding hydrogens is 240 g/mol. The monoisotopic (exact) mass is 254 g/mol. The number of nitrogens with zero attached hydrogens (tertiary/aromatic N) is 2. The number of allylic oxidation sites excluding steroid dienone is 1. The van der Waals surface area contributed by atoms with Crippen LogP contribution in [-0.2, 0) is 11.2 Å². The van der Waals surface area contributed by atoms with Crippen molar-refractivity contribution in [2.24, 2.45) is 0 Å². The smallest absolute Gasteiger partial charge is 0.328 e. The van der Waals surface area contributed by atoms with E-state index >= 15 is 0 Å². The zero-order chi connectivity index (χ0) is 13.2. The van der Waals surface area contributed by atoms with Gasteiger partial charge in [0.25, 0.3) is 0 Å². The number of aliphatic carboxylic acids is 1. The van der Waals surface area contributed by atoms with Gasteiger partial charge in [0, 0.05) is 11.6 Å². The second kappa shape index (κ2) is 4.72. The number of para-hydroxylation sites is 1. The molecule has 0 fully saturated rings. The number of carboxylic acid groups (broad SMARTS) is 1. The van der Waals surface area contributed by atoms with Gasteiger partial charge >= 0.3 is 5.97 Å². The highest BCUT2D eigenvalue weighted by atomic mass is 16.4. The molecule has 0 saturated heterocycles. The molecular formula is C15H14N2O2. The van der Waals surface area contributed by atoms with Crippen molar-refractivity contribution in [3.8, 4) is 5.69 Å². The molecule has 0 bridgehead atoms. The third-order valence-corrected chi connectivity index (χ3v) is 3.37. The van der Waals surface area contributed by atoms with Crippen LogP contribution < -0.4 is 0 Å². The molecule has 0 atom stereocenters. The lowest BCUT2D eigenvalue weighted by Gasteiger charge is -2.16. The number of hydrogen-bond acceptors (Lipinski definition) is 2. The Morgan fingerprint density at radius 3 is 2.79 bits per heavy atom. The van der Waals surface area contributed by atoms with Gasteiger partial charge in [-0.3, -0.25) is 0 Å². The number of rotatable bonds is 2. The summed E-state index contributed by atoms with van der Waals surface area (Å²) in [4.78, 5) is 10.9. The van der Waals surface area contributed by atoms with Crippen LogP contribution in [0.1, 0.15) is 24.1 Å². The first kappa shape index (κ1) is 11.7. The van der Waals surface area contributed by atoms with Crippen LogP contribution >= 0.6 is 0 Å². The van der Waals surface area contributed by atoms with Crippen molar-refractivity contribution in [3.63, 3.8) is 0 Å². The zero-order valence-electron chi connectivity index (χ0n) is 10.4. The third-order valence-electron chi connectivity index (χ3n) is 3.37. The normalized spacial score (nSPS) is 16.3. The van der Waals surface area contributed by atoms with Gasteiger partial charge in [0.05, 0.1) is 17.6 Å². The van der Waals surface area contributed by atoms with Gasteiger partial charge in [-0.1, -0.05) is 18.2 Å². The number of carbonyl (C=O) groups is 1. The minimum atomic E-state index is -0.893. The number of aromatic nitrogens is 2. The predicted molar refractivity (Wildman–Crippen MR) is 72.1 cm³/mol. The molecule has 19 heavy (non-hydrogen) atoms. The first-order valence-corrected chi connectivity index (χ1v) is 6.32. The van der Waals surface area contributed by atoms with E-state index in [2.05, 4.69) is 5.10 Å². The van der Waals surface area contributed by atoms with Crippen LogP contribution in [0.2, 0.25) is 0 Å². The second-order valence-corrected chi connectivity index (χ2v) is 4.61. The summed E-state index contributed by atoms with van der Waals surface area (Å²) in [6.45, 7) is 0. The van der Waals surface area contributed by atoms with E-state index in [4.69, 9.17) is 5.11 Å². The van der Waals surface area contributed by atoms with Crippen molar-refractivity contribution >= 4 is 11.5 Å². The summed E-state index contributed by atoms with van der Waals surface area (Å²) in [5, 5.41) is 13.3. The minimum Gasteiger partial charge on any atom is -0.478 e. The van der Waals surface area contributed by atoms with Crippen LogP contribution in [0.15, 0.2) is 42.6 Å². The van der Waals surface area contributed by atoms with Crippen LogP contribution in [-0.4, -0.2) is 20.9 Å². The van der Waals surface area contributed by atoms with Crippen molar-refractivity contribution in [2.75, 3.05) is 0 Å². The lowest BCUT2D eigenvalue weighted by atomic mass is 9.92. The van der Waals surface area contributed by atoms with Crippen LogP contribution in [0.4, 0.5) is 0 Å². The molecule has 0 radical (unpaired) electrons. The SMILES string of the molecule is O=C(O)/C=C1\CCCc2c1cnn2-c1ccccc1. The molecule has 1 aromatic carbocycles. The van der Waals surface area contributed by atoms with E-state index in [0.717, 1.165) is 41.8 Å². The molecule has 1 aliphatic carbocycles. The standard InChI is InChI=1S/C15H14N2O2/c18-15(19)9-11-5-4-8-14-13(11)10-16-17(14)12-6-2-1-3-7-12/h1-3,6-7,9-10H,4-5,8H2,(H,18,19)/b11-9+. The molecule has 3 rings (SSSR count). The van der Waals surface area contributed by atoms with Gasteiger partial charge in [0.15, 0.2) is 0 Å². The van der Waals surface area contributed by atoms with E-state index in [1.165, 1.54) is 6.08 Å².